The van der Waals surface area contributed by atoms with Crippen LogP contribution < -0.4 is 0 Å². The Balaban J connectivity index is 2.24. The average molecular weight is 300 g/mol. The first-order valence-corrected chi connectivity index (χ1v) is 6.33. The lowest BCUT2D eigenvalue weighted by Gasteiger charge is -2.23. The van der Waals surface area contributed by atoms with Crippen LogP contribution in [0.5, 0.6) is 5.75 Å². The van der Waals surface area contributed by atoms with Crippen molar-refractivity contribution in [1.29, 1.82) is 0 Å². The maximum atomic E-state index is 12.2. The lowest BCUT2D eigenvalue weighted by atomic mass is 10.1. The van der Waals surface area contributed by atoms with E-state index in [2.05, 4.69) is 15.9 Å². The lowest BCUT2D eigenvalue weighted by molar-refractivity contribution is 0.0674. The summed E-state index contributed by atoms with van der Waals surface area (Å²) in [5.41, 5.74) is 0.286. The number of hydrogen-bond donors (Lipinski definition) is 2. The van der Waals surface area contributed by atoms with Crippen molar-refractivity contribution in [2.75, 3.05) is 13.2 Å². The van der Waals surface area contributed by atoms with Gasteiger partial charge in [-0.05, 0) is 31.0 Å². The maximum Gasteiger partial charge on any atom is 0.257 e. The number of phenolic OH excluding ortho intramolecular Hbond substituents is 1. The fourth-order valence-electron chi connectivity index (χ4n) is 2.13. The van der Waals surface area contributed by atoms with Crippen molar-refractivity contribution in [3.8, 4) is 5.75 Å². The Bertz CT molecular complexity index is 436. The lowest BCUT2D eigenvalue weighted by Crippen LogP contribution is -2.37. The number of nitrogens with zero attached hydrogens (tertiary/aromatic N) is 1. The summed E-state index contributed by atoms with van der Waals surface area (Å²) < 4.78 is 0.728. The summed E-state index contributed by atoms with van der Waals surface area (Å²) in [4.78, 5) is 13.8. The second-order valence-corrected chi connectivity index (χ2v) is 5.05. The largest absolute Gasteiger partial charge is 0.507 e. The standard InChI is InChI=1S/C12H14BrNO3/c13-8-3-4-10(11(16)6-8)12(17)14-5-1-2-9(14)7-15/h3-4,6,9,15-16H,1-2,5,7H2/t9-/m1/s1. The van der Waals surface area contributed by atoms with Gasteiger partial charge in [0.15, 0.2) is 0 Å². The van der Waals surface area contributed by atoms with Gasteiger partial charge in [-0.25, -0.2) is 0 Å². The summed E-state index contributed by atoms with van der Waals surface area (Å²) in [7, 11) is 0. The van der Waals surface area contributed by atoms with E-state index in [0.29, 0.717) is 6.54 Å². The maximum absolute atomic E-state index is 12.2. The van der Waals surface area contributed by atoms with E-state index in [0.717, 1.165) is 17.3 Å². The zero-order chi connectivity index (χ0) is 12.4. The van der Waals surface area contributed by atoms with Crippen LogP contribution in [-0.4, -0.2) is 40.2 Å². The van der Waals surface area contributed by atoms with Crippen LogP contribution in [0.2, 0.25) is 0 Å². The Morgan fingerprint density at radius 2 is 2.29 bits per heavy atom. The van der Waals surface area contributed by atoms with Crippen molar-refractivity contribution in [2.24, 2.45) is 0 Å². The van der Waals surface area contributed by atoms with E-state index in [1.165, 1.54) is 6.07 Å². The molecule has 5 heteroatoms. The molecule has 0 bridgehead atoms. The zero-order valence-corrected chi connectivity index (χ0v) is 10.9. The number of benzene rings is 1. The van der Waals surface area contributed by atoms with Crippen LogP contribution in [0.3, 0.4) is 0 Å². The predicted octanol–water partition coefficient (Wildman–Crippen LogP) is 1.75. The normalized spacial score (nSPS) is 19.6. The Morgan fingerprint density at radius 3 is 2.94 bits per heavy atom. The molecule has 2 N–H and O–H groups in total. The molecule has 1 heterocycles. The van der Waals surface area contributed by atoms with E-state index in [4.69, 9.17) is 0 Å². The third-order valence-electron chi connectivity index (χ3n) is 3.04. The Hall–Kier alpha value is -1.07. The van der Waals surface area contributed by atoms with Crippen molar-refractivity contribution in [2.45, 2.75) is 18.9 Å². The molecule has 1 aromatic rings. The molecule has 0 spiro atoms. The minimum Gasteiger partial charge on any atom is -0.507 e. The van der Waals surface area contributed by atoms with E-state index in [9.17, 15) is 15.0 Å². The van der Waals surface area contributed by atoms with Crippen LogP contribution in [0, 0.1) is 0 Å². The number of hydrogen-bond acceptors (Lipinski definition) is 3. The van der Waals surface area contributed by atoms with Crippen LogP contribution in [0.1, 0.15) is 23.2 Å². The molecule has 2 rings (SSSR count). The van der Waals surface area contributed by atoms with Gasteiger partial charge in [0.05, 0.1) is 18.2 Å². The highest BCUT2D eigenvalue weighted by Crippen LogP contribution is 2.26. The van der Waals surface area contributed by atoms with E-state index >= 15 is 0 Å². The fraction of sp³-hybridized carbons (Fsp3) is 0.417. The highest BCUT2D eigenvalue weighted by molar-refractivity contribution is 9.10. The number of phenols is 1. The molecule has 0 aliphatic carbocycles. The first-order valence-electron chi connectivity index (χ1n) is 5.54. The van der Waals surface area contributed by atoms with E-state index in [1.807, 2.05) is 0 Å². The molecule has 1 atom stereocenters. The van der Waals surface area contributed by atoms with Crippen LogP contribution in [0.15, 0.2) is 22.7 Å². The average Bonchev–Trinajstić information content (AvgIpc) is 2.76. The highest BCUT2D eigenvalue weighted by Gasteiger charge is 2.29. The molecule has 0 radical (unpaired) electrons. The molecular weight excluding hydrogens is 286 g/mol. The van der Waals surface area contributed by atoms with E-state index < -0.39 is 0 Å². The number of aromatic hydroxyl groups is 1. The van der Waals surface area contributed by atoms with Gasteiger partial charge in [-0.15, -0.1) is 0 Å². The number of aliphatic hydroxyl groups is 1. The van der Waals surface area contributed by atoms with Crippen LogP contribution in [0.4, 0.5) is 0 Å². The Morgan fingerprint density at radius 1 is 1.53 bits per heavy atom. The van der Waals surface area contributed by atoms with Crippen LogP contribution >= 0.6 is 15.9 Å². The van der Waals surface area contributed by atoms with Crippen molar-refractivity contribution >= 4 is 21.8 Å². The quantitative estimate of drug-likeness (QED) is 0.875. The van der Waals surface area contributed by atoms with E-state index in [-0.39, 0.29) is 29.9 Å². The number of likely N-dealkylation sites (tertiary alicyclic amines) is 1. The molecule has 1 aliphatic rings. The summed E-state index contributed by atoms with van der Waals surface area (Å²) in [5.74, 6) is -0.250. The summed E-state index contributed by atoms with van der Waals surface area (Å²) in [5, 5.41) is 18.9. The molecule has 1 fully saturated rings. The van der Waals surface area contributed by atoms with Crippen molar-refractivity contribution in [3.63, 3.8) is 0 Å². The van der Waals surface area contributed by atoms with Crippen molar-refractivity contribution < 1.29 is 15.0 Å². The van der Waals surface area contributed by atoms with Gasteiger partial charge in [0.1, 0.15) is 5.75 Å². The fourth-order valence-corrected chi connectivity index (χ4v) is 2.48. The number of carbonyl (C=O) groups excluding carboxylic acids is 1. The second-order valence-electron chi connectivity index (χ2n) is 4.14. The summed E-state index contributed by atoms with van der Waals surface area (Å²) in [6.45, 7) is 0.614. The van der Waals surface area contributed by atoms with Crippen molar-refractivity contribution in [3.05, 3.63) is 28.2 Å². The predicted molar refractivity (Wildman–Crippen MR) is 67.0 cm³/mol. The summed E-state index contributed by atoms with van der Waals surface area (Å²) in [6, 6.07) is 4.69. The van der Waals surface area contributed by atoms with Gasteiger partial charge in [0, 0.05) is 11.0 Å². The van der Waals surface area contributed by atoms with Gasteiger partial charge >= 0.3 is 0 Å². The number of carbonyl (C=O) groups is 1. The van der Waals surface area contributed by atoms with Gasteiger partial charge in [0.2, 0.25) is 0 Å². The zero-order valence-electron chi connectivity index (χ0n) is 9.27. The molecular formula is C12H14BrNO3. The SMILES string of the molecule is O=C(c1ccc(Br)cc1O)N1CCC[C@@H]1CO. The minimum absolute atomic E-state index is 0.0248. The molecule has 0 aromatic heterocycles. The number of aliphatic hydroxyl groups excluding tert-OH is 1. The monoisotopic (exact) mass is 299 g/mol. The number of amides is 1. The van der Waals surface area contributed by atoms with Crippen LogP contribution in [0.25, 0.3) is 0 Å². The summed E-state index contributed by atoms with van der Waals surface area (Å²) in [6.07, 6.45) is 1.72. The van der Waals surface area contributed by atoms with E-state index in [1.54, 1.807) is 17.0 Å². The first kappa shape index (κ1) is 12.4. The third-order valence-corrected chi connectivity index (χ3v) is 3.53. The van der Waals surface area contributed by atoms with Gasteiger partial charge in [-0.2, -0.15) is 0 Å². The van der Waals surface area contributed by atoms with Crippen molar-refractivity contribution in [1.82, 2.24) is 4.90 Å². The van der Waals surface area contributed by atoms with Crippen LogP contribution in [-0.2, 0) is 0 Å². The molecule has 4 nitrogen and oxygen atoms in total. The molecule has 1 amide bonds. The van der Waals surface area contributed by atoms with Gasteiger partial charge in [-0.3, -0.25) is 4.79 Å². The van der Waals surface area contributed by atoms with Gasteiger partial charge in [0.25, 0.3) is 5.91 Å². The topological polar surface area (TPSA) is 60.8 Å². The first-order chi connectivity index (χ1) is 8.13. The molecule has 17 heavy (non-hydrogen) atoms. The van der Waals surface area contributed by atoms with Gasteiger partial charge in [-0.1, -0.05) is 15.9 Å². The number of halogens is 1. The summed E-state index contributed by atoms with van der Waals surface area (Å²) >= 11 is 3.23. The third kappa shape index (κ3) is 2.45. The molecule has 1 aliphatic heterocycles. The number of rotatable bonds is 2. The molecule has 0 unspecified atom stereocenters. The molecule has 1 aromatic carbocycles. The molecule has 0 saturated carbocycles. The smallest absolute Gasteiger partial charge is 0.257 e. The van der Waals surface area contributed by atoms with Gasteiger partial charge < -0.3 is 15.1 Å². The Kier molecular flexibility index (Phi) is 3.69. The molecule has 1 saturated heterocycles. The Labute approximate surface area is 108 Å². The molecule has 92 valence electrons. The minimum atomic E-state index is -0.216. The highest BCUT2D eigenvalue weighted by atomic mass is 79.9. The second kappa shape index (κ2) is 5.06.